The minimum absolute atomic E-state index is 0.191. The minimum Gasteiger partial charge on any atom is -0.430 e. The summed E-state index contributed by atoms with van der Waals surface area (Å²) < 4.78 is 7.46. The van der Waals surface area contributed by atoms with Crippen LogP contribution in [0.3, 0.4) is 0 Å². The van der Waals surface area contributed by atoms with Crippen molar-refractivity contribution in [3.63, 3.8) is 0 Å². The standard InChI is InChI=1S/C22H19N3O2/c1-2-12-25-13-23-19-17-15-10-6-7-11-16(15)18(14-8-4-3-5-9-14)24-21(17)27-20(19)22(25)26/h2-5,8-9,13H,1,6-7,10-12H2. The molecule has 0 N–H and O–H groups in total. The van der Waals surface area contributed by atoms with Gasteiger partial charge in [0.1, 0.15) is 5.52 Å². The molecular formula is C22H19N3O2. The molecule has 0 aliphatic heterocycles. The average molecular weight is 357 g/mol. The number of hydrogen-bond acceptors (Lipinski definition) is 4. The third-order valence-electron chi connectivity index (χ3n) is 5.29. The number of rotatable bonds is 3. The first-order valence-corrected chi connectivity index (χ1v) is 9.27. The molecule has 5 nitrogen and oxygen atoms in total. The summed E-state index contributed by atoms with van der Waals surface area (Å²) >= 11 is 0. The summed E-state index contributed by atoms with van der Waals surface area (Å²) in [6.07, 6.45) is 7.46. The van der Waals surface area contributed by atoms with Gasteiger partial charge in [0.25, 0.3) is 5.56 Å². The number of benzene rings is 1. The molecule has 0 radical (unpaired) electrons. The second-order valence-electron chi connectivity index (χ2n) is 6.94. The van der Waals surface area contributed by atoms with Crippen molar-refractivity contribution in [1.82, 2.24) is 14.5 Å². The fraction of sp³-hybridized carbons (Fsp3) is 0.227. The van der Waals surface area contributed by atoms with E-state index in [1.54, 1.807) is 12.4 Å². The summed E-state index contributed by atoms with van der Waals surface area (Å²) in [5, 5.41) is 0.905. The summed E-state index contributed by atoms with van der Waals surface area (Å²) in [5.74, 6) is 0. The highest BCUT2D eigenvalue weighted by atomic mass is 16.3. The van der Waals surface area contributed by atoms with Crippen molar-refractivity contribution in [2.75, 3.05) is 0 Å². The fourth-order valence-corrected chi connectivity index (χ4v) is 4.06. The molecule has 1 aliphatic rings. The van der Waals surface area contributed by atoms with E-state index >= 15 is 0 Å². The molecule has 0 unspecified atom stereocenters. The summed E-state index contributed by atoms with van der Waals surface area (Å²) in [7, 11) is 0. The molecule has 1 aromatic carbocycles. The second kappa shape index (κ2) is 6.20. The van der Waals surface area contributed by atoms with Gasteiger partial charge in [-0.1, -0.05) is 36.4 Å². The molecule has 3 aromatic heterocycles. The van der Waals surface area contributed by atoms with Crippen LogP contribution >= 0.6 is 0 Å². The number of hydrogen-bond donors (Lipinski definition) is 0. The van der Waals surface area contributed by atoms with Gasteiger partial charge in [-0.3, -0.25) is 9.36 Å². The van der Waals surface area contributed by atoms with Gasteiger partial charge in [-0.15, -0.1) is 6.58 Å². The lowest BCUT2D eigenvalue weighted by Crippen LogP contribution is -2.19. The van der Waals surface area contributed by atoms with E-state index in [1.807, 2.05) is 18.2 Å². The van der Waals surface area contributed by atoms with Gasteiger partial charge in [0.15, 0.2) is 0 Å². The molecule has 0 saturated heterocycles. The largest absolute Gasteiger partial charge is 0.430 e. The van der Waals surface area contributed by atoms with Crippen LogP contribution in [-0.2, 0) is 19.4 Å². The Morgan fingerprint density at radius 1 is 1.15 bits per heavy atom. The van der Waals surface area contributed by atoms with Gasteiger partial charge in [0.05, 0.1) is 17.4 Å². The van der Waals surface area contributed by atoms with Crippen LogP contribution in [0.2, 0.25) is 0 Å². The van der Waals surface area contributed by atoms with Crippen molar-refractivity contribution >= 4 is 22.2 Å². The van der Waals surface area contributed by atoms with E-state index in [1.165, 1.54) is 15.7 Å². The number of fused-ring (bicyclic) bond motifs is 5. The third kappa shape index (κ3) is 2.42. The Balaban J connectivity index is 1.88. The van der Waals surface area contributed by atoms with Gasteiger partial charge in [0, 0.05) is 12.1 Å². The smallest absolute Gasteiger partial charge is 0.297 e. The maximum atomic E-state index is 12.8. The summed E-state index contributed by atoms with van der Waals surface area (Å²) in [5.41, 5.74) is 5.75. The lowest BCUT2D eigenvalue weighted by molar-refractivity contribution is 0.630. The molecule has 5 rings (SSSR count). The van der Waals surface area contributed by atoms with E-state index in [0.717, 1.165) is 42.3 Å². The average Bonchev–Trinajstić information content (AvgIpc) is 3.10. The van der Waals surface area contributed by atoms with Crippen LogP contribution < -0.4 is 5.56 Å². The Hall–Kier alpha value is -3.21. The number of allylic oxidation sites excluding steroid dienone is 1. The Kier molecular flexibility index (Phi) is 3.67. The lowest BCUT2D eigenvalue weighted by atomic mass is 9.87. The van der Waals surface area contributed by atoms with Gasteiger partial charge < -0.3 is 4.42 Å². The van der Waals surface area contributed by atoms with E-state index in [-0.39, 0.29) is 11.1 Å². The fourth-order valence-electron chi connectivity index (χ4n) is 4.06. The summed E-state index contributed by atoms with van der Waals surface area (Å²) in [6.45, 7) is 4.09. The van der Waals surface area contributed by atoms with E-state index in [2.05, 4.69) is 23.7 Å². The first-order valence-electron chi connectivity index (χ1n) is 9.27. The molecule has 0 saturated carbocycles. The van der Waals surface area contributed by atoms with Gasteiger partial charge in [0.2, 0.25) is 11.3 Å². The minimum atomic E-state index is -0.191. The maximum Gasteiger partial charge on any atom is 0.297 e. The molecule has 27 heavy (non-hydrogen) atoms. The number of furan rings is 1. The van der Waals surface area contributed by atoms with Gasteiger partial charge in [-0.2, -0.15) is 0 Å². The first-order chi connectivity index (χ1) is 13.3. The maximum absolute atomic E-state index is 12.8. The monoisotopic (exact) mass is 357 g/mol. The van der Waals surface area contributed by atoms with E-state index < -0.39 is 0 Å². The number of aryl methyl sites for hydroxylation is 1. The molecule has 5 heteroatoms. The molecule has 3 heterocycles. The van der Waals surface area contributed by atoms with Crippen molar-refractivity contribution in [2.24, 2.45) is 0 Å². The van der Waals surface area contributed by atoms with Gasteiger partial charge >= 0.3 is 0 Å². The van der Waals surface area contributed by atoms with E-state index in [9.17, 15) is 4.79 Å². The van der Waals surface area contributed by atoms with Gasteiger partial charge in [-0.05, 0) is 36.8 Å². The Morgan fingerprint density at radius 3 is 2.70 bits per heavy atom. The topological polar surface area (TPSA) is 60.9 Å². The zero-order valence-corrected chi connectivity index (χ0v) is 14.9. The van der Waals surface area contributed by atoms with Crippen molar-refractivity contribution in [3.05, 3.63) is 70.8 Å². The van der Waals surface area contributed by atoms with Crippen molar-refractivity contribution in [3.8, 4) is 11.3 Å². The molecular weight excluding hydrogens is 338 g/mol. The van der Waals surface area contributed by atoms with Crippen LogP contribution in [-0.4, -0.2) is 14.5 Å². The first kappa shape index (κ1) is 16.0. The molecule has 0 spiro atoms. The third-order valence-corrected chi connectivity index (χ3v) is 5.29. The molecule has 134 valence electrons. The second-order valence-corrected chi connectivity index (χ2v) is 6.94. The highest BCUT2D eigenvalue weighted by molar-refractivity contribution is 6.04. The van der Waals surface area contributed by atoms with Crippen LogP contribution in [0.15, 0.2) is 58.5 Å². The Morgan fingerprint density at radius 2 is 1.93 bits per heavy atom. The molecule has 1 aliphatic carbocycles. The van der Waals surface area contributed by atoms with E-state index in [0.29, 0.717) is 17.8 Å². The molecule has 0 atom stereocenters. The zero-order chi connectivity index (χ0) is 18.4. The number of nitrogens with zero attached hydrogens (tertiary/aromatic N) is 3. The summed E-state index contributed by atoms with van der Waals surface area (Å²) in [6, 6.07) is 10.2. The Bertz CT molecular complexity index is 1240. The predicted molar refractivity (Wildman–Crippen MR) is 106 cm³/mol. The van der Waals surface area contributed by atoms with Crippen LogP contribution in [0.4, 0.5) is 0 Å². The molecule has 4 aromatic rings. The predicted octanol–water partition coefficient (Wildman–Crippen LogP) is 4.27. The van der Waals surface area contributed by atoms with Crippen molar-refractivity contribution in [2.45, 2.75) is 32.2 Å². The molecule has 0 fully saturated rings. The van der Waals surface area contributed by atoms with Crippen molar-refractivity contribution in [1.29, 1.82) is 0 Å². The van der Waals surface area contributed by atoms with Crippen molar-refractivity contribution < 1.29 is 4.42 Å². The van der Waals surface area contributed by atoms with Crippen LogP contribution in [0.5, 0.6) is 0 Å². The SMILES string of the molecule is C=CCn1cnc2c(oc3nc(-c4ccccc4)c4c(c32)CCCC4)c1=O. The highest BCUT2D eigenvalue weighted by Gasteiger charge is 2.24. The normalized spacial score (nSPS) is 13.8. The van der Waals surface area contributed by atoms with E-state index in [4.69, 9.17) is 9.40 Å². The van der Waals surface area contributed by atoms with Crippen LogP contribution in [0.25, 0.3) is 33.5 Å². The molecule has 0 bridgehead atoms. The molecule has 0 amide bonds. The summed E-state index contributed by atoms with van der Waals surface area (Å²) in [4.78, 5) is 22.1. The lowest BCUT2D eigenvalue weighted by Gasteiger charge is -2.19. The highest BCUT2D eigenvalue weighted by Crippen LogP contribution is 2.38. The zero-order valence-electron chi connectivity index (χ0n) is 14.9. The number of pyridine rings is 1. The number of aromatic nitrogens is 3. The van der Waals surface area contributed by atoms with Gasteiger partial charge in [-0.25, -0.2) is 9.97 Å². The Labute approximate surface area is 156 Å². The quantitative estimate of drug-likeness (QED) is 0.514. The van der Waals surface area contributed by atoms with Crippen LogP contribution in [0.1, 0.15) is 24.0 Å². The van der Waals surface area contributed by atoms with Crippen LogP contribution in [0, 0.1) is 0 Å².